The first kappa shape index (κ1) is 21.0. The number of fused-ring (bicyclic) bond motifs is 1. The lowest BCUT2D eigenvalue weighted by atomic mass is 10.2. The minimum absolute atomic E-state index is 0.0751. The molecular weight excluding hydrogens is 434 g/mol. The van der Waals surface area contributed by atoms with E-state index in [9.17, 15) is 8.42 Å². The van der Waals surface area contributed by atoms with Crippen molar-refractivity contribution in [3.05, 3.63) is 78.4 Å². The third-order valence-corrected chi connectivity index (χ3v) is 6.40. The summed E-state index contributed by atoms with van der Waals surface area (Å²) in [5.41, 5.74) is 1.69. The quantitative estimate of drug-likeness (QED) is 0.250. The molecule has 1 heterocycles. The molecule has 0 saturated heterocycles. The molecule has 0 amide bonds. The number of aromatic nitrogens is 1. The van der Waals surface area contributed by atoms with Crippen LogP contribution in [0.5, 0.6) is 11.5 Å². The van der Waals surface area contributed by atoms with E-state index in [4.69, 9.17) is 8.92 Å². The van der Waals surface area contributed by atoms with E-state index in [1.54, 1.807) is 36.4 Å². The van der Waals surface area contributed by atoms with E-state index < -0.39 is 10.1 Å². The maximum atomic E-state index is 12.5. The lowest BCUT2D eigenvalue weighted by Gasteiger charge is -2.12. The number of hydrogen-bond donors (Lipinski definition) is 0. The zero-order valence-electron chi connectivity index (χ0n) is 16.6. The topological polar surface area (TPSA) is 90.2 Å². The van der Waals surface area contributed by atoms with Crippen LogP contribution < -0.4 is 8.92 Å². The second-order valence-electron chi connectivity index (χ2n) is 6.43. The molecule has 4 rings (SSSR count). The molecule has 0 atom stereocenters. The summed E-state index contributed by atoms with van der Waals surface area (Å²) in [6, 6.07) is 20.8. The Morgan fingerprint density at radius 1 is 0.968 bits per heavy atom. The molecule has 31 heavy (non-hydrogen) atoms. The molecule has 158 valence electrons. The number of azo groups is 1. The van der Waals surface area contributed by atoms with E-state index in [1.807, 2.05) is 31.2 Å². The van der Waals surface area contributed by atoms with Gasteiger partial charge in [0.15, 0.2) is 11.5 Å². The molecule has 3 aromatic carbocycles. The van der Waals surface area contributed by atoms with Crippen LogP contribution in [0.1, 0.15) is 12.5 Å². The molecule has 0 saturated carbocycles. The summed E-state index contributed by atoms with van der Waals surface area (Å²) in [5, 5.41) is 9.00. The highest BCUT2D eigenvalue weighted by Gasteiger charge is 2.19. The lowest BCUT2D eigenvalue weighted by Crippen LogP contribution is -2.10. The fourth-order valence-electron chi connectivity index (χ4n) is 2.82. The van der Waals surface area contributed by atoms with Gasteiger partial charge in [0, 0.05) is 0 Å². The molecule has 0 radical (unpaired) electrons. The van der Waals surface area contributed by atoms with Crippen molar-refractivity contribution in [3.63, 3.8) is 0 Å². The van der Waals surface area contributed by atoms with Crippen LogP contribution in [0, 0.1) is 0 Å². The maximum absolute atomic E-state index is 12.5. The Kier molecular flexibility index (Phi) is 6.24. The molecule has 0 aliphatic carbocycles. The molecule has 9 heteroatoms. The Bertz CT molecular complexity index is 1290. The largest absolute Gasteiger partial charge is 0.490 e. The van der Waals surface area contributed by atoms with Gasteiger partial charge in [0.25, 0.3) is 0 Å². The average Bonchev–Trinajstić information content (AvgIpc) is 3.19. The summed E-state index contributed by atoms with van der Waals surface area (Å²) in [7, 11) is -3.96. The molecule has 1 aromatic heterocycles. The number of rotatable bonds is 8. The van der Waals surface area contributed by atoms with Gasteiger partial charge in [-0.05, 0) is 48.9 Å². The summed E-state index contributed by atoms with van der Waals surface area (Å²) in [5.74, 6) is 0.451. The van der Waals surface area contributed by atoms with Gasteiger partial charge in [0.05, 0.1) is 23.4 Å². The Labute approximate surface area is 184 Å². The summed E-state index contributed by atoms with van der Waals surface area (Å²) >= 11 is 1.47. The molecule has 0 spiro atoms. The standard InChI is InChI=1S/C22H19N3O4S2/c1-2-28-20-14-16(15-23-25-22-24-18-10-6-7-11-21(18)30-22)12-13-19(20)29-31(26,27)17-8-4-3-5-9-17/h3-14H,2,15H2,1H3. The fourth-order valence-corrected chi connectivity index (χ4v) is 4.59. The van der Waals surface area contributed by atoms with Crippen LogP contribution in [0.4, 0.5) is 5.13 Å². The Morgan fingerprint density at radius 2 is 1.74 bits per heavy atom. The van der Waals surface area contributed by atoms with Crippen LogP contribution in [-0.2, 0) is 16.7 Å². The van der Waals surface area contributed by atoms with Gasteiger partial charge in [-0.1, -0.05) is 47.7 Å². The Balaban J connectivity index is 1.51. The molecule has 0 unspecified atom stereocenters. The minimum Gasteiger partial charge on any atom is -0.490 e. The van der Waals surface area contributed by atoms with Gasteiger partial charge in [0.1, 0.15) is 4.90 Å². The Hall–Kier alpha value is -3.30. The summed E-state index contributed by atoms with van der Waals surface area (Å²) in [6.07, 6.45) is 0. The van der Waals surface area contributed by atoms with Gasteiger partial charge in [-0.25, -0.2) is 4.98 Å². The molecule has 4 aromatic rings. The van der Waals surface area contributed by atoms with E-state index in [0.717, 1.165) is 15.8 Å². The van der Waals surface area contributed by atoms with Crippen LogP contribution >= 0.6 is 11.3 Å². The highest BCUT2D eigenvalue weighted by atomic mass is 32.2. The predicted octanol–water partition coefficient (Wildman–Crippen LogP) is 5.75. The smallest absolute Gasteiger partial charge is 0.339 e. The summed E-state index contributed by atoms with van der Waals surface area (Å²) < 4.78 is 37.0. The first-order valence-corrected chi connectivity index (χ1v) is 11.8. The van der Waals surface area contributed by atoms with Gasteiger partial charge in [-0.15, -0.1) is 5.11 Å². The van der Waals surface area contributed by atoms with Gasteiger partial charge < -0.3 is 8.92 Å². The van der Waals surface area contributed by atoms with Crippen LogP contribution in [0.3, 0.4) is 0 Å². The molecule has 0 bridgehead atoms. The molecule has 0 fully saturated rings. The van der Waals surface area contributed by atoms with E-state index in [-0.39, 0.29) is 10.6 Å². The Morgan fingerprint density at radius 3 is 2.52 bits per heavy atom. The SMILES string of the molecule is CCOc1cc(CN=Nc2nc3ccccc3s2)ccc1OS(=O)(=O)c1ccccc1. The molecular formula is C22H19N3O4S2. The number of hydrogen-bond acceptors (Lipinski definition) is 8. The molecule has 7 nitrogen and oxygen atoms in total. The zero-order chi connectivity index (χ0) is 21.7. The minimum atomic E-state index is -3.96. The molecule has 0 aliphatic rings. The van der Waals surface area contributed by atoms with Crippen molar-refractivity contribution in [2.75, 3.05) is 6.61 Å². The van der Waals surface area contributed by atoms with Crippen molar-refractivity contribution in [1.82, 2.24) is 4.98 Å². The van der Waals surface area contributed by atoms with Gasteiger partial charge in [-0.3, -0.25) is 0 Å². The van der Waals surface area contributed by atoms with Gasteiger partial charge >= 0.3 is 10.1 Å². The number of para-hydroxylation sites is 1. The lowest BCUT2D eigenvalue weighted by molar-refractivity contribution is 0.327. The predicted molar refractivity (Wildman–Crippen MR) is 120 cm³/mol. The third-order valence-electron chi connectivity index (χ3n) is 4.23. The van der Waals surface area contributed by atoms with Crippen LogP contribution in [-0.4, -0.2) is 20.0 Å². The highest BCUT2D eigenvalue weighted by Crippen LogP contribution is 2.32. The number of nitrogens with zero attached hydrogens (tertiary/aromatic N) is 3. The van der Waals surface area contributed by atoms with Crippen molar-refractivity contribution in [2.45, 2.75) is 18.4 Å². The molecule has 0 N–H and O–H groups in total. The first-order chi connectivity index (χ1) is 15.0. The van der Waals surface area contributed by atoms with Gasteiger partial charge in [-0.2, -0.15) is 13.5 Å². The molecule has 0 aliphatic heterocycles. The number of ether oxygens (including phenoxy) is 1. The number of benzene rings is 3. The van der Waals surface area contributed by atoms with Gasteiger partial charge in [0.2, 0.25) is 5.13 Å². The van der Waals surface area contributed by atoms with E-state index in [2.05, 4.69) is 15.2 Å². The normalized spacial score (nSPS) is 11.8. The first-order valence-electron chi connectivity index (χ1n) is 9.53. The van der Waals surface area contributed by atoms with E-state index in [0.29, 0.717) is 24.0 Å². The fraction of sp³-hybridized carbons (Fsp3) is 0.136. The summed E-state index contributed by atoms with van der Waals surface area (Å²) in [6.45, 7) is 2.47. The van der Waals surface area contributed by atoms with Crippen molar-refractivity contribution >= 4 is 36.8 Å². The van der Waals surface area contributed by atoms with Crippen LogP contribution in [0.15, 0.2) is 87.9 Å². The van der Waals surface area contributed by atoms with Crippen molar-refractivity contribution < 1.29 is 17.3 Å². The number of thiazole rings is 1. The van der Waals surface area contributed by atoms with Crippen LogP contribution in [0.2, 0.25) is 0 Å². The third kappa shape index (κ3) is 5.07. The highest BCUT2D eigenvalue weighted by molar-refractivity contribution is 7.87. The second-order valence-corrected chi connectivity index (χ2v) is 8.98. The monoisotopic (exact) mass is 453 g/mol. The van der Waals surface area contributed by atoms with E-state index >= 15 is 0 Å². The second kappa shape index (κ2) is 9.23. The summed E-state index contributed by atoms with van der Waals surface area (Å²) in [4.78, 5) is 4.50. The van der Waals surface area contributed by atoms with Crippen molar-refractivity contribution in [1.29, 1.82) is 0 Å². The van der Waals surface area contributed by atoms with Crippen molar-refractivity contribution in [3.8, 4) is 11.5 Å². The maximum Gasteiger partial charge on any atom is 0.339 e. The average molecular weight is 454 g/mol. The van der Waals surface area contributed by atoms with Crippen molar-refractivity contribution in [2.24, 2.45) is 10.2 Å². The zero-order valence-corrected chi connectivity index (χ0v) is 18.3. The van der Waals surface area contributed by atoms with E-state index in [1.165, 1.54) is 23.5 Å². The van der Waals surface area contributed by atoms with Crippen LogP contribution in [0.25, 0.3) is 10.2 Å².